The van der Waals surface area contributed by atoms with Crippen LogP contribution in [0.1, 0.15) is 17.9 Å². The zero-order valence-electron chi connectivity index (χ0n) is 16.2. The van der Waals surface area contributed by atoms with Crippen molar-refractivity contribution in [3.8, 4) is 11.3 Å². The minimum atomic E-state index is -0.0401. The minimum Gasteiger partial charge on any atom is -0.441 e. The summed E-state index contributed by atoms with van der Waals surface area (Å²) in [6.07, 6.45) is 4.30. The first kappa shape index (κ1) is 19.1. The zero-order valence-corrected chi connectivity index (χ0v) is 16.2. The Morgan fingerprint density at radius 3 is 2.62 bits per heavy atom. The van der Waals surface area contributed by atoms with Gasteiger partial charge in [-0.3, -0.25) is 4.79 Å². The summed E-state index contributed by atoms with van der Waals surface area (Å²) in [5, 5.41) is 2.92. The third-order valence-corrected chi connectivity index (χ3v) is 4.81. The monoisotopic (exact) mass is 392 g/mol. The van der Waals surface area contributed by atoms with Gasteiger partial charge >= 0.3 is 0 Å². The predicted molar refractivity (Wildman–Crippen MR) is 109 cm³/mol. The van der Waals surface area contributed by atoms with Crippen molar-refractivity contribution in [2.75, 3.05) is 31.2 Å². The van der Waals surface area contributed by atoms with Crippen LogP contribution in [0.2, 0.25) is 0 Å². The van der Waals surface area contributed by atoms with Crippen LogP contribution in [0, 0.1) is 0 Å². The van der Waals surface area contributed by atoms with Crippen LogP contribution in [0.4, 0.5) is 5.82 Å². The highest BCUT2D eigenvalue weighted by Gasteiger charge is 2.12. The summed E-state index contributed by atoms with van der Waals surface area (Å²) in [6, 6.07) is 13.8. The lowest BCUT2D eigenvalue weighted by Gasteiger charge is -2.27. The van der Waals surface area contributed by atoms with E-state index in [2.05, 4.69) is 20.2 Å². The molecule has 1 fully saturated rings. The van der Waals surface area contributed by atoms with Gasteiger partial charge in [0.15, 0.2) is 11.7 Å². The molecule has 7 heteroatoms. The molecule has 2 aromatic heterocycles. The number of nitrogens with zero attached hydrogens (tertiary/aromatic N) is 3. The molecule has 29 heavy (non-hydrogen) atoms. The lowest BCUT2D eigenvalue weighted by atomic mass is 10.2. The van der Waals surface area contributed by atoms with Crippen molar-refractivity contribution in [1.29, 1.82) is 0 Å². The molecule has 0 unspecified atom stereocenters. The molecule has 3 aromatic rings. The second-order valence-corrected chi connectivity index (χ2v) is 6.89. The lowest BCUT2D eigenvalue weighted by molar-refractivity contribution is -0.121. The number of carbonyl (C=O) groups is 1. The number of aromatic nitrogens is 2. The number of anilines is 1. The second kappa shape index (κ2) is 9.34. The van der Waals surface area contributed by atoms with Crippen molar-refractivity contribution in [2.45, 2.75) is 19.4 Å². The van der Waals surface area contributed by atoms with Gasteiger partial charge < -0.3 is 19.4 Å². The summed E-state index contributed by atoms with van der Waals surface area (Å²) >= 11 is 0. The highest BCUT2D eigenvalue weighted by molar-refractivity contribution is 5.76. The minimum absolute atomic E-state index is 0.0401. The zero-order chi connectivity index (χ0) is 19.9. The largest absolute Gasteiger partial charge is 0.441 e. The maximum Gasteiger partial charge on any atom is 0.220 e. The number of pyridine rings is 1. The number of rotatable bonds is 7. The van der Waals surface area contributed by atoms with E-state index in [9.17, 15) is 4.79 Å². The molecule has 0 spiro atoms. The summed E-state index contributed by atoms with van der Waals surface area (Å²) < 4.78 is 11.1. The topological polar surface area (TPSA) is 80.5 Å². The molecule has 4 rings (SSSR count). The average Bonchev–Trinajstić information content (AvgIpc) is 3.27. The van der Waals surface area contributed by atoms with E-state index in [1.165, 1.54) is 0 Å². The van der Waals surface area contributed by atoms with Crippen LogP contribution in [0.25, 0.3) is 11.3 Å². The number of aryl methyl sites for hydroxylation is 1. The van der Waals surface area contributed by atoms with Gasteiger partial charge in [0.2, 0.25) is 5.91 Å². The Morgan fingerprint density at radius 1 is 1.03 bits per heavy atom. The molecule has 0 aliphatic carbocycles. The normalized spacial score (nSPS) is 14.0. The number of nitrogens with one attached hydrogen (secondary N) is 1. The lowest BCUT2D eigenvalue weighted by Crippen LogP contribution is -2.36. The highest BCUT2D eigenvalue weighted by atomic mass is 16.5. The Morgan fingerprint density at radius 2 is 1.86 bits per heavy atom. The van der Waals surface area contributed by atoms with Crippen molar-refractivity contribution in [3.63, 3.8) is 0 Å². The molecule has 0 atom stereocenters. The summed E-state index contributed by atoms with van der Waals surface area (Å²) in [5.74, 6) is 2.19. The number of carbonyl (C=O) groups excluding carboxylic acids is 1. The molecule has 1 aromatic carbocycles. The van der Waals surface area contributed by atoms with Gasteiger partial charge in [-0.2, -0.15) is 0 Å². The Balaban J connectivity index is 1.22. The summed E-state index contributed by atoms with van der Waals surface area (Å²) in [4.78, 5) is 23.1. The van der Waals surface area contributed by atoms with Crippen molar-refractivity contribution in [1.82, 2.24) is 15.3 Å². The van der Waals surface area contributed by atoms with Crippen LogP contribution in [0.5, 0.6) is 0 Å². The molecular weight excluding hydrogens is 368 g/mol. The molecule has 1 amide bonds. The van der Waals surface area contributed by atoms with Crippen LogP contribution in [-0.4, -0.2) is 42.2 Å². The van der Waals surface area contributed by atoms with E-state index in [0.29, 0.717) is 31.0 Å². The molecular formula is C22H24N4O3. The SMILES string of the molecule is O=C(CCc1ncc(-c2ccccc2)o1)NCc1ccc(N2CCOCC2)nc1. The fourth-order valence-electron chi connectivity index (χ4n) is 3.17. The standard InChI is InChI=1S/C22H24N4O3/c27-21(8-9-22-25-16-19(29-22)18-4-2-1-3-5-18)24-15-17-6-7-20(23-14-17)26-10-12-28-13-11-26/h1-7,14,16H,8-13,15H2,(H,24,27). The molecule has 0 radical (unpaired) electrons. The molecule has 1 saturated heterocycles. The van der Waals surface area contributed by atoms with Crippen molar-refractivity contribution < 1.29 is 13.9 Å². The number of amides is 1. The molecule has 150 valence electrons. The van der Waals surface area contributed by atoms with E-state index in [0.717, 1.165) is 43.2 Å². The van der Waals surface area contributed by atoms with Crippen LogP contribution in [-0.2, 0) is 22.5 Å². The maximum atomic E-state index is 12.2. The van der Waals surface area contributed by atoms with E-state index in [-0.39, 0.29) is 5.91 Å². The molecule has 7 nitrogen and oxygen atoms in total. The number of ether oxygens (including phenoxy) is 1. The highest BCUT2D eigenvalue weighted by Crippen LogP contribution is 2.20. The van der Waals surface area contributed by atoms with Gasteiger partial charge in [-0.1, -0.05) is 36.4 Å². The first-order valence-corrected chi connectivity index (χ1v) is 9.82. The van der Waals surface area contributed by atoms with Gasteiger partial charge in [0.1, 0.15) is 5.82 Å². The Hall–Kier alpha value is -3.19. The molecule has 3 heterocycles. The van der Waals surface area contributed by atoms with Gasteiger partial charge in [0.05, 0.1) is 19.4 Å². The van der Waals surface area contributed by atoms with E-state index in [4.69, 9.17) is 9.15 Å². The maximum absolute atomic E-state index is 12.2. The number of hydrogen-bond donors (Lipinski definition) is 1. The summed E-state index contributed by atoms with van der Waals surface area (Å²) in [7, 11) is 0. The fourth-order valence-corrected chi connectivity index (χ4v) is 3.17. The second-order valence-electron chi connectivity index (χ2n) is 6.89. The van der Waals surface area contributed by atoms with E-state index >= 15 is 0 Å². The number of morpholine rings is 1. The Labute approximate surface area is 169 Å². The van der Waals surface area contributed by atoms with Gasteiger partial charge in [0, 0.05) is 44.2 Å². The number of hydrogen-bond acceptors (Lipinski definition) is 6. The molecule has 1 aliphatic heterocycles. The number of benzene rings is 1. The predicted octanol–water partition coefficient (Wildman–Crippen LogP) is 2.82. The Bertz CT molecular complexity index is 919. The average molecular weight is 392 g/mol. The third kappa shape index (κ3) is 5.20. The van der Waals surface area contributed by atoms with Crippen LogP contribution in [0.15, 0.2) is 59.3 Å². The van der Waals surface area contributed by atoms with Crippen molar-refractivity contribution in [3.05, 3.63) is 66.3 Å². The molecule has 0 bridgehead atoms. The van der Waals surface area contributed by atoms with E-state index < -0.39 is 0 Å². The van der Waals surface area contributed by atoms with Crippen LogP contribution < -0.4 is 10.2 Å². The summed E-state index contributed by atoms with van der Waals surface area (Å²) in [6.45, 7) is 3.63. The van der Waals surface area contributed by atoms with Gasteiger partial charge in [-0.05, 0) is 11.6 Å². The first-order valence-electron chi connectivity index (χ1n) is 9.82. The quantitative estimate of drug-likeness (QED) is 0.666. The van der Waals surface area contributed by atoms with Crippen LogP contribution in [0.3, 0.4) is 0 Å². The number of oxazole rings is 1. The van der Waals surface area contributed by atoms with Gasteiger partial charge in [-0.15, -0.1) is 0 Å². The first-order chi connectivity index (χ1) is 14.3. The third-order valence-electron chi connectivity index (χ3n) is 4.81. The molecule has 1 N–H and O–H groups in total. The van der Waals surface area contributed by atoms with Gasteiger partial charge in [-0.25, -0.2) is 9.97 Å². The fraction of sp³-hybridized carbons (Fsp3) is 0.318. The van der Waals surface area contributed by atoms with Crippen LogP contribution >= 0.6 is 0 Å². The molecule has 0 saturated carbocycles. The van der Waals surface area contributed by atoms with Gasteiger partial charge in [0.25, 0.3) is 0 Å². The Kier molecular flexibility index (Phi) is 6.16. The van der Waals surface area contributed by atoms with E-state index in [1.807, 2.05) is 48.7 Å². The van der Waals surface area contributed by atoms with Crippen molar-refractivity contribution in [2.24, 2.45) is 0 Å². The van der Waals surface area contributed by atoms with Crippen molar-refractivity contribution >= 4 is 11.7 Å². The van der Waals surface area contributed by atoms with E-state index in [1.54, 1.807) is 6.20 Å². The summed E-state index contributed by atoms with van der Waals surface area (Å²) in [5.41, 5.74) is 1.95. The molecule has 1 aliphatic rings. The smallest absolute Gasteiger partial charge is 0.220 e.